The largest absolute Gasteiger partial charge is 0.461 e. The van der Waals surface area contributed by atoms with Gasteiger partial charge in [0.1, 0.15) is 6.21 Å². The van der Waals surface area contributed by atoms with Crippen molar-refractivity contribution >= 4 is 12.2 Å². The van der Waals surface area contributed by atoms with E-state index in [9.17, 15) is 4.79 Å². The van der Waals surface area contributed by atoms with Crippen LogP contribution < -0.4 is 0 Å². The third-order valence-corrected chi connectivity index (χ3v) is 0.915. The second-order valence-corrected chi connectivity index (χ2v) is 1.74. The third kappa shape index (κ3) is 5.24. The van der Waals surface area contributed by atoms with Crippen molar-refractivity contribution in [2.45, 2.75) is 12.8 Å². The van der Waals surface area contributed by atoms with E-state index >= 15 is 0 Å². The summed E-state index contributed by atoms with van der Waals surface area (Å²) in [6, 6.07) is 0. The Kier molecular flexibility index (Phi) is 5.66. The summed E-state index contributed by atoms with van der Waals surface area (Å²) >= 11 is 0. The highest BCUT2D eigenvalue weighted by atomic mass is 16.5. The fourth-order valence-corrected chi connectivity index (χ4v) is 0.428. The second-order valence-electron chi connectivity index (χ2n) is 1.74. The van der Waals surface area contributed by atoms with E-state index in [0.29, 0.717) is 19.1 Å². The molecular weight excluding hydrogens is 134 g/mol. The minimum atomic E-state index is -0.627. The first kappa shape index (κ1) is 9.10. The molecule has 0 aliphatic heterocycles. The monoisotopic (exact) mass is 145 g/mol. The number of carbonyl (C=O) groups excluding carboxylic acids is 1. The lowest BCUT2D eigenvalue weighted by Gasteiger charge is -1.98. The van der Waals surface area contributed by atoms with Crippen LogP contribution in [0, 0.1) is 5.41 Å². The molecule has 4 nitrogen and oxygen atoms in total. The van der Waals surface area contributed by atoms with E-state index < -0.39 is 5.97 Å². The van der Waals surface area contributed by atoms with Gasteiger partial charge >= 0.3 is 5.97 Å². The van der Waals surface area contributed by atoms with Gasteiger partial charge < -0.3 is 15.3 Å². The van der Waals surface area contributed by atoms with Crippen molar-refractivity contribution in [1.29, 1.82) is 5.41 Å². The molecule has 0 bridgehead atoms. The lowest BCUT2D eigenvalue weighted by atomic mass is 10.3. The van der Waals surface area contributed by atoms with Gasteiger partial charge in [-0.15, -0.1) is 0 Å². The van der Waals surface area contributed by atoms with Gasteiger partial charge in [-0.2, -0.15) is 0 Å². The summed E-state index contributed by atoms with van der Waals surface area (Å²) in [4.78, 5) is 10.2. The van der Waals surface area contributed by atoms with Crippen LogP contribution in [0.3, 0.4) is 0 Å². The SMILES string of the molecule is N=CC(=O)OCCCCO. The molecule has 4 heteroatoms. The van der Waals surface area contributed by atoms with E-state index in [1.54, 1.807) is 0 Å². The van der Waals surface area contributed by atoms with Crippen LogP contribution >= 0.6 is 0 Å². The van der Waals surface area contributed by atoms with Gasteiger partial charge in [-0.1, -0.05) is 0 Å². The van der Waals surface area contributed by atoms with E-state index in [1.807, 2.05) is 0 Å². The Hall–Kier alpha value is -0.900. The summed E-state index contributed by atoms with van der Waals surface area (Å²) in [7, 11) is 0. The Morgan fingerprint density at radius 2 is 2.30 bits per heavy atom. The molecule has 0 aromatic carbocycles. The first-order chi connectivity index (χ1) is 4.81. The molecule has 0 aliphatic carbocycles. The van der Waals surface area contributed by atoms with Gasteiger partial charge in [0.25, 0.3) is 0 Å². The number of ether oxygens (including phenoxy) is 1. The summed E-state index contributed by atoms with van der Waals surface area (Å²) in [5, 5.41) is 14.7. The zero-order valence-corrected chi connectivity index (χ0v) is 5.67. The molecule has 0 rings (SSSR count). The molecule has 0 unspecified atom stereocenters. The van der Waals surface area contributed by atoms with Gasteiger partial charge in [0.05, 0.1) is 6.61 Å². The molecule has 0 heterocycles. The fraction of sp³-hybridized carbons (Fsp3) is 0.667. The van der Waals surface area contributed by atoms with E-state index in [2.05, 4.69) is 4.74 Å². The Morgan fingerprint density at radius 1 is 1.60 bits per heavy atom. The molecule has 0 aromatic heterocycles. The predicted octanol–water partition coefficient (Wildman–Crippen LogP) is -0.0483. The maximum atomic E-state index is 10.2. The summed E-state index contributed by atoms with van der Waals surface area (Å²) in [6.07, 6.45) is 1.90. The van der Waals surface area contributed by atoms with E-state index in [1.165, 1.54) is 0 Å². The number of unbranched alkanes of at least 4 members (excludes halogenated alkanes) is 1. The maximum Gasteiger partial charge on any atom is 0.348 e. The molecular formula is C6H11NO3. The van der Waals surface area contributed by atoms with Crippen LogP contribution in [0.1, 0.15) is 12.8 Å². The highest BCUT2D eigenvalue weighted by Crippen LogP contribution is 1.87. The second kappa shape index (κ2) is 6.22. The Balaban J connectivity index is 3.03. The number of nitrogens with one attached hydrogen (secondary N) is 1. The lowest BCUT2D eigenvalue weighted by molar-refractivity contribution is -0.135. The lowest BCUT2D eigenvalue weighted by Crippen LogP contribution is -2.06. The van der Waals surface area contributed by atoms with E-state index in [-0.39, 0.29) is 13.2 Å². The van der Waals surface area contributed by atoms with Gasteiger partial charge in [0.2, 0.25) is 0 Å². The minimum Gasteiger partial charge on any atom is -0.461 e. The third-order valence-electron chi connectivity index (χ3n) is 0.915. The zero-order valence-electron chi connectivity index (χ0n) is 5.67. The Morgan fingerprint density at radius 3 is 2.80 bits per heavy atom. The quantitative estimate of drug-likeness (QED) is 0.324. The van der Waals surface area contributed by atoms with E-state index in [0.717, 1.165) is 0 Å². The maximum absolute atomic E-state index is 10.2. The van der Waals surface area contributed by atoms with E-state index in [4.69, 9.17) is 10.5 Å². The number of esters is 1. The summed E-state index contributed by atoms with van der Waals surface area (Å²) in [5.74, 6) is -0.627. The van der Waals surface area contributed by atoms with Crippen LogP contribution in [0.2, 0.25) is 0 Å². The molecule has 0 amide bonds. The molecule has 10 heavy (non-hydrogen) atoms. The molecule has 0 radical (unpaired) electrons. The van der Waals surface area contributed by atoms with Crippen molar-refractivity contribution in [3.8, 4) is 0 Å². The average Bonchev–Trinajstić information content (AvgIpc) is 1.98. The highest BCUT2D eigenvalue weighted by Gasteiger charge is 1.94. The fourth-order valence-electron chi connectivity index (χ4n) is 0.428. The molecule has 0 saturated carbocycles. The van der Waals surface area contributed by atoms with Crippen molar-refractivity contribution < 1.29 is 14.6 Å². The standard InChI is InChI=1S/C6H11NO3/c7-5-6(9)10-4-2-1-3-8/h5,7-8H,1-4H2. The van der Waals surface area contributed by atoms with Crippen LogP contribution in [0.4, 0.5) is 0 Å². The molecule has 0 aromatic rings. The summed E-state index contributed by atoms with van der Waals surface area (Å²) in [6.45, 7) is 0.400. The highest BCUT2D eigenvalue weighted by molar-refractivity contribution is 6.21. The number of hydrogen-bond acceptors (Lipinski definition) is 4. The minimum absolute atomic E-state index is 0.113. The first-order valence-corrected chi connectivity index (χ1v) is 3.09. The van der Waals surface area contributed by atoms with Gasteiger partial charge in [-0.05, 0) is 12.8 Å². The van der Waals surface area contributed by atoms with Crippen LogP contribution in [-0.2, 0) is 9.53 Å². The Bertz CT molecular complexity index is 114. The van der Waals surface area contributed by atoms with Crippen molar-refractivity contribution in [3.05, 3.63) is 0 Å². The molecule has 2 N–H and O–H groups in total. The average molecular weight is 145 g/mol. The molecule has 0 atom stereocenters. The number of aliphatic hydroxyl groups excluding tert-OH is 1. The predicted molar refractivity (Wildman–Crippen MR) is 36.1 cm³/mol. The van der Waals surface area contributed by atoms with Crippen LogP contribution in [0.5, 0.6) is 0 Å². The molecule has 0 saturated heterocycles. The number of hydrogen-bond donors (Lipinski definition) is 2. The van der Waals surface area contributed by atoms with Crippen molar-refractivity contribution in [2.75, 3.05) is 13.2 Å². The molecule has 0 fully saturated rings. The van der Waals surface area contributed by atoms with Crippen molar-refractivity contribution in [1.82, 2.24) is 0 Å². The molecule has 0 spiro atoms. The topological polar surface area (TPSA) is 70.4 Å². The smallest absolute Gasteiger partial charge is 0.348 e. The first-order valence-electron chi connectivity index (χ1n) is 3.09. The van der Waals surface area contributed by atoms with Crippen LogP contribution in [0.15, 0.2) is 0 Å². The zero-order chi connectivity index (χ0) is 7.82. The van der Waals surface area contributed by atoms with Crippen LogP contribution in [-0.4, -0.2) is 30.5 Å². The number of aliphatic hydroxyl groups is 1. The van der Waals surface area contributed by atoms with Gasteiger partial charge in [0.15, 0.2) is 0 Å². The summed E-state index contributed by atoms with van der Waals surface area (Å²) in [5.41, 5.74) is 0. The molecule has 0 aliphatic rings. The normalized spacial score (nSPS) is 8.90. The van der Waals surface area contributed by atoms with Gasteiger partial charge in [-0.25, -0.2) is 4.79 Å². The van der Waals surface area contributed by atoms with Crippen molar-refractivity contribution in [2.24, 2.45) is 0 Å². The Labute approximate surface area is 59.3 Å². The van der Waals surface area contributed by atoms with Gasteiger partial charge in [-0.3, -0.25) is 0 Å². The number of carbonyl (C=O) groups is 1. The number of rotatable bonds is 5. The van der Waals surface area contributed by atoms with Crippen LogP contribution in [0.25, 0.3) is 0 Å². The summed E-state index contributed by atoms with van der Waals surface area (Å²) < 4.78 is 4.50. The van der Waals surface area contributed by atoms with Gasteiger partial charge in [0, 0.05) is 6.61 Å². The molecule has 58 valence electrons. The van der Waals surface area contributed by atoms with Crippen molar-refractivity contribution in [3.63, 3.8) is 0 Å².